The van der Waals surface area contributed by atoms with Gasteiger partial charge in [-0.15, -0.1) is 0 Å². The Balaban J connectivity index is 2.26. The van der Waals surface area contributed by atoms with Crippen molar-refractivity contribution >= 4 is 17.2 Å². The van der Waals surface area contributed by atoms with E-state index in [4.69, 9.17) is 11.6 Å². The summed E-state index contributed by atoms with van der Waals surface area (Å²) in [6.45, 7) is 4.14. The van der Waals surface area contributed by atoms with Gasteiger partial charge in [0.2, 0.25) is 0 Å². The number of rotatable bonds is 1. The molecule has 3 rings (SSSR count). The van der Waals surface area contributed by atoms with Crippen molar-refractivity contribution in [2.75, 3.05) is 0 Å². The lowest BCUT2D eigenvalue weighted by Gasteiger charge is -2.02. The molecule has 0 saturated carbocycles. The van der Waals surface area contributed by atoms with E-state index in [0.29, 0.717) is 0 Å². The molecule has 2 heterocycles. The van der Waals surface area contributed by atoms with Gasteiger partial charge in [-0.25, -0.2) is 4.98 Å². The molecule has 2 nitrogen and oxygen atoms in total. The number of imidazole rings is 1. The van der Waals surface area contributed by atoms with Crippen LogP contribution in [-0.2, 0) is 0 Å². The standard InChI is InChI=1S/C15H13ClN2/c1-10-5-6-12(16)8-13(10)14-9-18-7-3-4-11(2)15(18)17-14/h3-9H,1-2H3. The summed E-state index contributed by atoms with van der Waals surface area (Å²) in [6.07, 6.45) is 4.06. The second kappa shape index (κ2) is 4.14. The SMILES string of the molecule is Cc1ccc(Cl)cc1-c1cn2cccc(C)c2n1. The van der Waals surface area contributed by atoms with Gasteiger partial charge in [-0.05, 0) is 43.2 Å². The van der Waals surface area contributed by atoms with Crippen LogP contribution in [0.3, 0.4) is 0 Å². The molecule has 0 aliphatic heterocycles. The van der Waals surface area contributed by atoms with Crippen molar-refractivity contribution in [3.05, 3.63) is 58.9 Å². The molecule has 0 aliphatic rings. The van der Waals surface area contributed by atoms with E-state index in [9.17, 15) is 0 Å². The highest BCUT2D eigenvalue weighted by Gasteiger charge is 2.08. The smallest absolute Gasteiger partial charge is 0.140 e. The van der Waals surface area contributed by atoms with Crippen molar-refractivity contribution in [3.8, 4) is 11.3 Å². The normalized spacial score (nSPS) is 11.1. The Hall–Kier alpha value is -1.80. The molecule has 0 radical (unpaired) electrons. The number of halogens is 1. The quantitative estimate of drug-likeness (QED) is 0.636. The first-order chi connectivity index (χ1) is 8.65. The Morgan fingerprint density at radius 2 is 1.94 bits per heavy atom. The average molecular weight is 257 g/mol. The van der Waals surface area contributed by atoms with Gasteiger partial charge in [0.1, 0.15) is 5.65 Å². The van der Waals surface area contributed by atoms with Crippen molar-refractivity contribution in [2.24, 2.45) is 0 Å². The lowest BCUT2D eigenvalue weighted by atomic mass is 10.1. The molecule has 0 N–H and O–H groups in total. The zero-order valence-electron chi connectivity index (χ0n) is 10.3. The Bertz CT molecular complexity index is 728. The number of benzene rings is 1. The third-order valence-electron chi connectivity index (χ3n) is 3.15. The summed E-state index contributed by atoms with van der Waals surface area (Å²) in [5.41, 5.74) is 5.39. The van der Waals surface area contributed by atoms with Gasteiger partial charge >= 0.3 is 0 Å². The Labute approximate surface area is 111 Å². The summed E-state index contributed by atoms with van der Waals surface area (Å²) in [7, 11) is 0. The molecule has 3 aromatic rings. The van der Waals surface area contributed by atoms with Crippen LogP contribution >= 0.6 is 11.6 Å². The summed E-state index contributed by atoms with van der Waals surface area (Å²) in [5.74, 6) is 0. The Morgan fingerprint density at radius 3 is 2.72 bits per heavy atom. The number of aryl methyl sites for hydroxylation is 2. The minimum absolute atomic E-state index is 0.740. The molecular weight excluding hydrogens is 244 g/mol. The molecular formula is C15H13ClN2. The molecule has 2 aromatic heterocycles. The van der Waals surface area contributed by atoms with Crippen LogP contribution in [0.4, 0.5) is 0 Å². The molecule has 3 heteroatoms. The molecule has 0 amide bonds. The van der Waals surface area contributed by atoms with Gasteiger partial charge in [-0.3, -0.25) is 0 Å². The number of hydrogen-bond donors (Lipinski definition) is 0. The minimum atomic E-state index is 0.740. The zero-order chi connectivity index (χ0) is 12.7. The predicted octanol–water partition coefficient (Wildman–Crippen LogP) is 4.27. The van der Waals surface area contributed by atoms with Crippen LogP contribution in [0.2, 0.25) is 5.02 Å². The molecule has 0 spiro atoms. The lowest BCUT2D eigenvalue weighted by molar-refractivity contribution is 1.16. The summed E-state index contributed by atoms with van der Waals surface area (Å²) in [6, 6.07) is 9.99. The average Bonchev–Trinajstić information content (AvgIpc) is 2.77. The molecule has 0 bridgehead atoms. The first kappa shape index (κ1) is 11.3. The van der Waals surface area contributed by atoms with Gasteiger partial charge in [0.05, 0.1) is 5.69 Å². The summed E-state index contributed by atoms with van der Waals surface area (Å²) < 4.78 is 2.05. The van der Waals surface area contributed by atoms with E-state index in [1.54, 1.807) is 0 Å². The highest BCUT2D eigenvalue weighted by atomic mass is 35.5. The summed E-state index contributed by atoms with van der Waals surface area (Å²) >= 11 is 6.06. The van der Waals surface area contributed by atoms with Crippen LogP contribution in [0, 0.1) is 13.8 Å². The van der Waals surface area contributed by atoms with Crippen molar-refractivity contribution in [1.82, 2.24) is 9.38 Å². The van der Waals surface area contributed by atoms with Gasteiger partial charge in [0.15, 0.2) is 0 Å². The number of pyridine rings is 1. The van der Waals surface area contributed by atoms with Gasteiger partial charge in [-0.2, -0.15) is 0 Å². The van der Waals surface area contributed by atoms with Gasteiger partial charge in [0.25, 0.3) is 0 Å². The summed E-state index contributed by atoms with van der Waals surface area (Å²) in [4.78, 5) is 4.69. The number of fused-ring (bicyclic) bond motifs is 1. The maximum Gasteiger partial charge on any atom is 0.140 e. The van der Waals surface area contributed by atoms with E-state index in [0.717, 1.165) is 21.9 Å². The zero-order valence-corrected chi connectivity index (χ0v) is 11.1. The van der Waals surface area contributed by atoms with Crippen molar-refractivity contribution in [2.45, 2.75) is 13.8 Å². The van der Waals surface area contributed by atoms with E-state index >= 15 is 0 Å². The highest BCUT2D eigenvalue weighted by Crippen LogP contribution is 2.26. The molecule has 0 aliphatic carbocycles. The van der Waals surface area contributed by atoms with E-state index in [-0.39, 0.29) is 0 Å². The first-order valence-electron chi connectivity index (χ1n) is 5.86. The molecule has 0 atom stereocenters. The fraction of sp³-hybridized carbons (Fsp3) is 0.133. The fourth-order valence-electron chi connectivity index (χ4n) is 2.15. The third kappa shape index (κ3) is 1.79. The maximum absolute atomic E-state index is 6.06. The molecule has 0 saturated heterocycles. The molecule has 0 unspecified atom stereocenters. The molecule has 1 aromatic carbocycles. The van der Waals surface area contributed by atoms with Gasteiger partial charge in [0, 0.05) is 23.0 Å². The number of aromatic nitrogens is 2. The van der Waals surface area contributed by atoms with Crippen molar-refractivity contribution in [3.63, 3.8) is 0 Å². The molecule has 18 heavy (non-hydrogen) atoms. The van der Waals surface area contributed by atoms with Crippen molar-refractivity contribution in [1.29, 1.82) is 0 Å². The van der Waals surface area contributed by atoms with Crippen LogP contribution < -0.4 is 0 Å². The van der Waals surface area contributed by atoms with Gasteiger partial charge in [-0.1, -0.05) is 23.7 Å². The van der Waals surface area contributed by atoms with Gasteiger partial charge < -0.3 is 4.40 Å². The van der Waals surface area contributed by atoms with E-state index < -0.39 is 0 Å². The van der Waals surface area contributed by atoms with E-state index in [1.165, 1.54) is 11.1 Å². The third-order valence-corrected chi connectivity index (χ3v) is 3.39. The first-order valence-corrected chi connectivity index (χ1v) is 6.24. The van der Waals surface area contributed by atoms with Crippen LogP contribution in [-0.4, -0.2) is 9.38 Å². The second-order valence-corrected chi connectivity index (χ2v) is 4.94. The topological polar surface area (TPSA) is 17.3 Å². The molecule has 90 valence electrons. The lowest BCUT2D eigenvalue weighted by Crippen LogP contribution is -1.84. The Morgan fingerprint density at radius 1 is 1.11 bits per heavy atom. The predicted molar refractivity (Wildman–Crippen MR) is 75.1 cm³/mol. The summed E-state index contributed by atoms with van der Waals surface area (Å²) in [5, 5.41) is 0.740. The van der Waals surface area contributed by atoms with E-state index in [1.807, 2.05) is 41.1 Å². The van der Waals surface area contributed by atoms with Crippen LogP contribution in [0.1, 0.15) is 11.1 Å². The second-order valence-electron chi connectivity index (χ2n) is 4.51. The van der Waals surface area contributed by atoms with Crippen molar-refractivity contribution < 1.29 is 0 Å². The van der Waals surface area contributed by atoms with Crippen LogP contribution in [0.5, 0.6) is 0 Å². The largest absolute Gasteiger partial charge is 0.306 e. The van der Waals surface area contributed by atoms with Crippen LogP contribution in [0.15, 0.2) is 42.7 Å². The van der Waals surface area contributed by atoms with E-state index in [2.05, 4.69) is 24.9 Å². The minimum Gasteiger partial charge on any atom is -0.306 e. The Kier molecular flexibility index (Phi) is 2.60. The van der Waals surface area contributed by atoms with Crippen LogP contribution in [0.25, 0.3) is 16.9 Å². The fourth-order valence-corrected chi connectivity index (χ4v) is 2.33. The maximum atomic E-state index is 6.06. The highest BCUT2D eigenvalue weighted by molar-refractivity contribution is 6.30. The molecule has 0 fully saturated rings. The number of nitrogens with zero attached hydrogens (tertiary/aromatic N) is 2. The monoisotopic (exact) mass is 256 g/mol. The number of hydrogen-bond acceptors (Lipinski definition) is 1.